The number of nitrogens with one attached hydrogen (secondary N) is 1. The summed E-state index contributed by atoms with van der Waals surface area (Å²) < 4.78 is 4.83. The number of aliphatic hydroxyl groups excluding tert-OH is 1. The van der Waals surface area contributed by atoms with E-state index in [-0.39, 0.29) is 6.54 Å². The molecule has 0 radical (unpaired) electrons. The van der Waals surface area contributed by atoms with Crippen LogP contribution in [0.15, 0.2) is 0 Å². The molecule has 0 aliphatic carbocycles. The van der Waals surface area contributed by atoms with E-state index in [4.69, 9.17) is 10.5 Å². The molecule has 1 rings (SSSR count). The number of amides is 5. The van der Waals surface area contributed by atoms with Gasteiger partial charge in [0.15, 0.2) is 0 Å². The van der Waals surface area contributed by atoms with Crippen molar-refractivity contribution in [1.82, 2.24) is 20.0 Å². The first kappa shape index (κ1) is 25.8. The molecule has 0 aromatic carbocycles. The molecule has 3 unspecified atom stereocenters. The highest BCUT2D eigenvalue weighted by Crippen LogP contribution is 2.20. The zero-order valence-electron chi connectivity index (χ0n) is 17.8. The number of likely N-dealkylation sites (tertiary alicyclic amines) is 1. The van der Waals surface area contributed by atoms with Crippen molar-refractivity contribution in [3.8, 4) is 0 Å². The van der Waals surface area contributed by atoms with E-state index in [0.29, 0.717) is 25.8 Å². The fourth-order valence-electron chi connectivity index (χ4n) is 2.97. The third-order valence-electron chi connectivity index (χ3n) is 4.58. The van der Waals surface area contributed by atoms with Gasteiger partial charge >= 0.3 is 5.97 Å². The predicted octanol–water partition coefficient (Wildman–Crippen LogP) is -3.58. The highest BCUT2D eigenvalue weighted by Gasteiger charge is 2.37. The number of aliphatic hydroxyl groups is 1. The van der Waals surface area contributed by atoms with E-state index in [9.17, 15) is 33.9 Å². The van der Waals surface area contributed by atoms with Crippen LogP contribution in [-0.2, 0) is 33.5 Å². The first-order chi connectivity index (χ1) is 14.5. The lowest BCUT2D eigenvalue weighted by Crippen LogP contribution is -2.53. The maximum Gasteiger partial charge on any atom is 0.325 e. The molecule has 0 spiro atoms. The van der Waals surface area contributed by atoms with Gasteiger partial charge in [-0.1, -0.05) is 0 Å². The molecule has 0 aromatic rings. The Morgan fingerprint density at radius 1 is 1.26 bits per heavy atom. The van der Waals surface area contributed by atoms with Crippen LogP contribution in [0, 0.1) is 0 Å². The highest BCUT2D eigenvalue weighted by molar-refractivity contribution is 5.93. The van der Waals surface area contributed by atoms with Crippen molar-refractivity contribution >= 4 is 36.0 Å². The van der Waals surface area contributed by atoms with Crippen LogP contribution in [0.3, 0.4) is 0 Å². The number of hydrogen-bond donors (Lipinski definition) is 3. The molecule has 5 amide bonds. The average molecular weight is 443 g/mol. The molecule has 13 heteroatoms. The van der Waals surface area contributed by atoms with Gasteiger partial charge in [0.25, 0.3) is 5.91 Å². The number of nitrogens with zero attached hydrogens (tertiary/aromatic N) is 3. The van der Waals surface area contributed by atoms with Crippen LogP contribution < -0.4 is 11.1 Å². The molecule has 4 N–H and O–H groups in total. The Balaban J connectivity index is 2.62. The predicted molar refractivity (Wildman–Crippen MR) is 105 cm³/mol. The quantitative estimate of drug-likeness (QED) is 0.216. The topological polar surface area (TPSA) is 180 Å². The van der Waals surface area contributed by atoms with Gasteiger partial charge in [-0.05, 0) is 19.8 Å². The third kappa shape index (κ3) is 7.85. The van der Waals surface area contributed by atoms with Gasteiger partial charge in [0.1, 0.15) is 31.3 Å². The van der Waals surface area contributed by atoms with Crippen molar-refractivity contribution in [2.45, 2.75) is 38.0 Å². The number of carbonyl (C=O) groups excluding carboxylic acids is 6. The van der Waals surface area contributed by atoms with Crippen molar-refractivity contribution in [3.63, 3.8) is 0 Å². The number of carbonyl (C=O) groups is 6. The van der Waals surface area contributed by atoms with Crippen molar-refractivity contribution in [2.24, 2.45) is 5.73 Å². The summed E-state index contributed by atoms with van der Waals surface area (Å²) in [7, 11) is 2.72. The van der Waals surface area contributed by atoms with Gasteiger partial charge < -0.3 is 35.6 Å². The lowest BCUT2D eigenvalue weighted by atomic mass is 10.2. The van der Waals surface area contributed by atoms with Crippen molar-refractivity contribution in [3.05, 3.63) is 0 Å². The number of nitrogens with two attached hydrogens (primary N) is 1. The molecule has 0 bridgehead atoms. The minimum Gasteiger partial charge on any atom is -0.462 e. The standard InChI is InChI=1S/C18H29N5O8/c1-11(25)17(29)23-6-4-5-13(23)18(30)22(3)7-14(26)20-12(16(19)28)9-31-15(27)8-21(2)10-24/h10-13,25H,4-9H2,1-3H3,(H2,19,28)(H,20,26). The molecule has 1 saturated heterocycles. The molecule has 174 valence electrons. The van der Waals surface area contributed by atoms with Gasteiger partial charge in [0.2, 0.25) is 24.1 Å². The smallest absolute Gasteiger partial charge is 0.325 e. The van der Waals surface area contributed by atoms with Crippen molar-refractivity contribution in [1.29, 1.82) is 0 Å². The Labute approximate surface area is 179 Å². The van der Waals surface area contributed by atoms with E-state index in [1.54, 1.807) is 0 Å². The fourth-order valence-corrected chi connectivity index (χ4v) is 2.97. The number of likely N-dealkylation sites (N-methyl/N-ethyl adjacent to an activating group) is 2. The highest BCUT2D eigenvalue weighted by atomic mass is 16.5. The van der Waals surface area contributed by atoms with Crippen LogP contribution in [0.4, 0.5) is 0 Å². The van der Waals surface area contributed by atoms with Crippen LogP contribution in [-0.4, -0.2) is 114 Å². The number of rotatable bonds is 11. The first-order valence-electron chi connectivity index (χ1n) is 9.61. The summed E-state index contributed by atoms with van der Waals surface area (Å²) in [6.45, 7) is 0.326. The van der Waals surface area contributed by atoms with E-state index >= 15 is 0 Å². The molecule has 1 heterocycles. The second-order valence-electron chi connectivity index (χ2n) is 7.29. The average Bonchev–Trinajstić information content (AvgIpc) is 3.18. The third-order valence-corrected chi connectivity index (χ3v) is 4.58. The number of primary amides is 1. The molecule has 1 aliphatic heterocycles. The van der Waals surface area contributed by atoms with Gasteiger partial charge in [0.05, 0.1) is 6.54 Å². The largest absolute Gasteiger partial charge is 0.462 e. The Morgan fingerprint density at radius 2 is 1.90 bits per heavy atom. The Kier molecular flexibility index (Phi) is 9.86. The van der Waals surface area contributed by atoms with Crippen molar-refractivity contribution in [2.75, 3.05) is 40.3 Å². The summed E-state index contributed by atoms with van der Waals surface area (Å²) in [5, 5.41) is 11.8. The number of hydrogen-bond acceptors (Lipinski definition) is 8. The van der Waals surface area contributed by atoms with Crippen LogP contribution in [0.25, 0.3) is 0 Å². The summed E-state index contributed by atoms with van der Waals surface area (Å²) in [6.07, 6.45) is 0.163. The summed E-state index contributed by atoms with van der Waals surface area (Å²) >= 11 is 0. The number of esters is 1. The SMILES string of the molecule is CC(O)C(=O)N1CCCC1C(=O)N(C)CC(=O)NC(COC(=O)CN(C)C=O)C(N)=O. The Morgan fingerprint density at radius 3 is 2.45 bits per heavy atom. The van der Waals surface area contributed by atoms with Crippen LogP contribution in [0.1, 0.15) is 19.8 Å². The second-order valence-corrected chi connectivity index (χ2v) is 7.29. The minimum absolute atomic E-state index is 0.328. The zero-order valence-corrected chi connectivity index (χ0v) is 17.8. The first-order valence-corrected chi connectivity index (χ1v) is 9.61. The monoisotopic (exact) mass is 443 g/mol. The summed E-state index contributed by atoms with van der Waals surface area (Å²) in [5.41, 5.74) is 5.21. The van der Waals surface area contributed by atoms with Gasteiger partial charge in [-0.15, -0.1) is 0 Å². The van der Waals surface area contributed by atoms with Crippen molar-refractivity contribution < 1.29 is 38.6 Å². The molecule has 0 saturated carbocycles. The van der Waals surface area contributed by atoms with E-state index < -0.39 is 60.9 Å². The lowest BCUT2D eigenvalue weighted by Gasteiger charge is -2.28. The maximum absolute atomic E-state index is 12.7. The fraction of sp³-hybridized carbons (Fsp3) is 0.667. The molecule has 1 fully saturated rings. The lowest BCUT2D eigenvalue weighted by molar-refractivity contribution is -0.149. The summed E-state index contributed by atoms with van der Waals surface area (Å²) in [5.74, 6) is -3.54. The molecular weight excluding hydrogens is 414 g/mol. The van der Waals surface area contributed by atoms with E-state index in [0.717, 1.165) is 9.80 Å². The normalized spacial score (nSPS) is 17.3. The summed E-state index contributed by atoms with van der Waals surface area (Å²) in [4.78, 5) is 74.0. The number of ether oxygens (including phenoxy) is 1. The van der Waals surface area contributed by atoms with Crippen LogP contribution >= 0.6 is 0 Å². The van der Waals surface area contributed by atoms with Crippen LogP contribution in [0.5, 0.6) is 0 Å². The van der Waals surface area contributed by atoms with Gasteiger partial charge in [0, 0.05) is 20.6 Å². The molecule has 31 heavy (non-hydrogen) atoms. The summed E-state index contributed by atoms with van der Waals surface area (Å²) in [6, 6.07) is -2.12. The Hall–Kier alpha value is -3.22. The maximum atomic E-state index is 12.7. The zero-order chi connectivity index (χ0) is 23.7. The van der Waals surface area contributed by atoms with E-state index in [1.165, 1.54) is 25.9 Å². The molecular formula is C18H29N5O8. The molecule has 3 atom stereocenters. The van der Waals surface area contributed by atoms with Crippen LogP contribution in [0.2, 0.25) is 0 Å². The van der Waals surface area contributed by atoms with Gasteiger partial charge in [-0.25, -0.2) is 0 Å². The Bertz CT molecular complexity index is 713. The van der Waals surface area contributed by atoms with E-state index in [2.05, 4.69) is 5.32 Å². The van der Waals surface area contributed by atoms with Gasteiger partial charge in [-0.3, -0.25) is 28.8 Å². The molecule has 1 aliphatic rings. The van der Waals surface area contributed by atoms with E-state index in [1.807, 2.05) is 0 Å². The molecule has 13 nitrogen and oxygen atoms in total. The molecule has 0 aromatic heterocycles. The minimum atomic E-state index is -1.33. The second kappa shape index (κ2) is 11.8. The van der Waals surface area contributed by atoms with Gasteiger partial charge in [-0.2, -0.15) is 0 Å².